The summed E-state index contributed by atoms with van der Waals surface area (Å²) in [6, 6.07) is 7.91. The van der Waals surface area contributed by atoms with Crippen LogP contribution in [0.15, 0.2) is 24.3 Å². The third-order valence-electron chi connectivity index (χ3n) is 3.40. The molecule has 1 aliphatic heterocycles. The minimum absolute atomic E-state index is 0.0326. The molecule has 1 atom stereocenters. The van der Waals surface area contributed by atoms with Gasteiger partial charge in [-0.15, -0.1) is 0 Å². The van der Waals surface area contributed by atoms with E-state index in [1.807, 2.05) is 38.1 Å². The van der Waals surface area contributed by atoms with Crippen molar-refractivity contribution >= 4 is 5.78 Å². The van der Waals surface area contributed by atoms with Crippen molar-refractivity contribution in [2.75, 3.05) is 13.1 Å². The van der Waals surface area contributed by atoms with Crippen molar-refractivity contribution in [3.8, 4) is 0 Å². The monoisotopic (exact) mass is 217 g/mol. The van der Waals surface area contributed by atoms with E-state index in [0.717, 1.165) is 18.7 Å². The van der Waals surface area contributed by atoms with E-state index in [9.17, 15) is 4.79 Å². The molecule has 2 rings (SSSR count). The average molecular weight is 217 g/mol. The van der Waals surface area contributed by atoms with E-state index in [0.29, 0.717) is 0 Å². The van der Waals surface area contributed by atoms with Gasteiger partial charge in [-0.3, -0.25) is 9.69 Å². The number of nitrogens with zero attached hydrogens (tertiary/aromatic N) is 1. The van der Waals surface area contributed by atoms with Gasteiger partial charge in [-0.1, -0.05) is 29.8 Å². The molecule has 0 amide bonds. The summed E-state index contributed by atoms with van der Waals surface area (Å²) in [4.78, 5) is 14.5. The fraction of sp³-hybridized carbons (Fsp3) is 0.500. The van der Waals surface area contributed by atoms with Gasteiger partial charge in [0.05, 0.1) is 6.04 Å². The Labute approximate surface area is 97.3 Å². The van der Waals surface area contributed by atoms with Crippen LogP contribution < -0.4 is 0 Å². The first-order valence-corrected chi connectivity index (χ1v) is 6.03. The highest BCUT2D eigenvalue weighted by atomic mass is 16.1. The van der Waals surface area contributed by atoms with Crippen molar-refractivity contribution in [2.45, 2.75) is 32.7 Å². The summed E-state index contributed by atoms with van der Waals surface area (Å²) in [5, 5.41) is 0. The van der Waals surface area contributed by atoms with Gasteiger partial charge in [0.1, 0.15) is 0 Å². The maximum Gasteiger partial charge on any atom is 0.179 e. The van der Waals surface area contributed by atoms with Crippen molar-refractivity contribution in [3.63, 3.8) is 0 Å². The molecule has 0 bridgehead atoms. The van der Waals surface area contributed by atoms with Gasteiger partial charge < -0.3 is 0 Å². The lowest BCUT2D eigenvalue weighted by atomic mass is 10.0. The van der Waals surface area contributed by atoms with Crippen LogP contribution in [0.5, 0.6) is 0 Å². The third kappa shape index (κ3) is 2.33. The molecule has 1 saturated heterocycles. The van der Waals surface area contributed by atoms with E-state index in [2.05, 4.69) is 4.90 Å². The first kappa shape index (κ1) is 11.3. The molecule has 0 radical (unpaired) electrons. The standard InChI is InChI=1S/C14H19NO/c1-11-5-7-13(8-6-11)14(16)12(2)15-9-3-4-10-15/h5-8,12H,3-4,9-10H2,1-2H3/t12-/m0/s1. The van der Waals surface area contributed by atoms with E-state index in [4.69, 9.17) is 0 Å². The van der Waals surface area contributed by atoms with E-state index < -0.39 is 0 Å². The van der Waals surface area contributed by atoms with Crippen LogP contribution in [0.4, 0.5) is 0 Å². The zero-order valence-electron chi connectivity index (χ0n) is 10.1. The molecule has 1 heterocycles. The summed E-state index contributed by atoms with van der Waals surface area (Å²) in [5.74, 6) is 0.252. The van der Waals surface area contributed by atoms with E-state index >= 15 is 0 Å². The number of hydrogen-bond donors (Lipinski definition) is 0. The number of aryl methyl sites for hydroxylation is 1. The summed E-state index contributed by atoms with van der Waals surface area (Å²) in [5.41, 5.74) is 2.04. The minimum atomic E-state index is 0.0326. The molecule has 1 aromatic rings. The number of likely N-dealkylation sites (tertiary alicyclic amines) is 1. The molecule has 0 spiro atoms. The predicted molar refractivity (Wildman–Crippen MR) is 65.8 cm³/mol. The number of rotatable bonds is 3. The Bertz CT molecular complexity index is 363. The highest BCUT2D eigenvalue weighted by molar-refractivity contribution is 5.99. The minimum Gasteiger partial charge on any atom is -0.294 e. The van der Waals surface area contributed by atoms with Crippen molar-refractivity contribution in [1.29, 1.82) is 0 Å². The molecular formula is C14H19NO. The van der Waals surface area contributed by atoms with Crippen LogP contribution in [0.3, 0.4) is 0 Å². The van der Waals surface area contributed by atoms with Crippen LogP contribution in [-0.2, 0) is 0 Å². The van der Waals surface area contributed by atoms with Gasteiger partial charge in [0.15, 0.2) is 5.78 Å². The molecule has 2 nitrogen and oxygen atoms in total. The molecule has 2 heteroatoms. The number of benzene rings is 1. The second kappa shape index (κ2) is 4.79. The highest BCUT2D eigenvalue weighted by Crippen LogP contribution is 2.15. The van der Waals surface area contributed by atoms with Crippen molar-refractivity contribution in [3.05, 3.63) is 35.4 Å². The smallest absolute Gasteiger partial charge is 0.179 e. The molecule has 1 aliphatic rings. The van der Waals surface area contributed by atoms with Gasteiger partial charge in [0.2, 0.25) is 0 Å². The van der Waals surface area contributed by atoms with Crippen LogP contribution in [0.25, 0.3) is 0 Å². The van der Waals surface area contributed by atoms with Crippen LogP contribution in [0.1, 0.15) is 35.7 Å². The maximum absolute atomic E-state index is 12.2. The normalized spacial score (nSPS) is 18.6. The number of carbonyl (C=O) groups is 1. The van der Waals surface area contributed by atoms with Crippen LogP contribution in [-0.4, -0.2) is 29.8 Å². The molecule has 86 valence electrons. The van der Waals surface area contributed by atoms with Crippen molar-refractivity contribution < 1.29 is 4.79 Å². The van der Waals surface area contributed by atoms with Crippen LogP contribution in [0, 0.1) is 6.92 Å². The van der Waals surface area contributed by atoms with Crippen LogP contribution >= 0.6 is 0 Å². The number of carbonyl (C=O) groups excluding carboxylic acids is 1. The summed E-state index contributed by atoms with van der Waals surface area (Å²) < 4.78 is 0. The summed E-state index contributed by atoms with van der Waals surface area (Å²) in [6.07, 6.45) is 2.46. The fourth-order valence-corrected chi connectivity index (χ4v) is 2.25. The zero-order valence-corrected chi connectivity index (χ0v) is 10.1. The van der Waals surface area contributed by atoms with Crippen molar-refractivity contribution in [2.24, 2.45) is 0 Å². The fourth-order valence-electron chi connectivity index (χ4n) is 2.25. The topological polar surface area (TPSA) is 20.3 Å². The van der Waals surface area contributed by atoms with Gasteiger partial charge in [-0.05, 0) is 39.8 Å². The second-order valence-corrected chi connectivity index (χ2v) is 4.65. The van der Waals surface area contributed by atoms with Crippen molar-refractivity contribution in [1.82, 2.24) is 4.90 Å². The Kier molecular flexibility index (Phi) is 3.39. The Balaban J connectivity index is 2.08. The molecule has 0 unspecified atom stereocenters. The Morgan fingerprint density at radius 2 is 1.75 bits per heavy atom. The largest absolute Gasteiger partial charge is 0.294 e. The van der Waals surface area contributed by atoms with E-state index in [-0.39, 0.29) is 11.8 Å². The zero-order chi connectivity index (χ0) is 11.5. The second-order valence-electron chi connectivity index (χ2n) is 4.65. The van der Waals surface area contributed by atoms with Gasteiger partial charge in [0.25, 0.3) is 0 Å². The Morgan fingerprint density at radius 1 is 1.19 bits per heavy atom. The molecule has 0 N–H and O–H groups in total. The predicted octanol–water partition coefficient (Wildman–Crippen LogP) is 2.66. The molecular weight excluding hydrogens is 198 g/mol. The molecule has 16 heavy (non-hydrogen) atoms. The van der Waals surface area contributed by atoms with Gasteiger partial charge in [0, 0.05) is 5.56 Å². The lowest BCUT2D eigenvalue weighted by Crippen LogP contribution is -2.36. The summed E-state index contributed by atoms with van der Waals surface area (Å²) >= 11 is 0. The van der Waals surface area contributed by atoms with E-state index in [1.165, 1.54) is 18.4 Å². The van der Waals surface area contributed by atoms with Gasteiger partial charge >= 0.3 is 0 Å². The van der Waals surface area contributed by atoms with E-state index in [1.54, 1.807) is 0 Å². The van der Waals surface area contributed by atoms with Crippen LogP contribution in [0.2, 0.25) is 0 Å². The quantitative estimate of drug-likeness (QED) is 0.725. The third-order valence-corrected chi connectivity index (χ3v) is 3.40. The lowest BCUT2D eigenvalue weighted by Gasteiger charge is -2.22. The molecule has 0 saturated carbocycles. The molecule has 0 aliphatic carbocycles. The van der Waals surface area contributed by atoms with Gasteiger partial charge in [-0.25, -0.2) is 0 Å². The first-order valence-electron chi connectivity index (χ1n) is 6.03. The maximum atomic E-state index is 12.2. The lowest BCUT2D eigenvalue weighted by molar-refractivity contribution is 0.0867. The molecule has 1 aromatic carbocycles. The number of hydrogen-bond acceptors (Lipinski definition) is 2. The Morgan fingerprint density at radius 3 is 2.31 bits per heavy atom. The van der Waals surface area contributed by atoms with Gasteiger partial charge in [-0.2, -0.15) is 0 Å². The number of ketones is 1. The Hall–Kier alpha value is -1.15. The average Bonchev–Trinajstić information content (AvgIpc) is 2.81. The summed E-state index contributed by atoms with van der Waals surface area (Å²) in [7, 11) is 0. The number of Topliss-reactive ketones (excluding diaryl/α,β-unsaturated/α-hetero) is 1. The first-order chi connectivity index (χ1) is 7.68. The summed E-state index contributed by atoms with van der Waals surface area (Å²) in [6.45, 7) is 6.20. The SMILES string of the molecule is Cc1ccc(C(=O)[C@H](C)N2CCCC2)cc1. The molecule has 1 fully saturated rings. The highest BCUT2D eigenvalue weighted by Gasteiger charge is 2.24. The molecule has 0 aromatic heterocycles.